The maximum Gasteiger partial charge on any atom is 0.405 e. The number of hydrogen-bond acceptors (Lipinski definition) is 4. The largest absolute Gasteiger partial charge is 0.493 e. The SMILES string of the molecule is C=CCc1ccc(OC[C@@H]2CN(S(=O)(=O)c3ccc(C)cc3)[C@@H]2C(F)(F)F)c(OC)c1. The Morgan fingerprint density at radius 1 is 1.16 bits per heavy atom. The van der Waals surface area contributed by atoms with E-state index in [1.165, 1.54) is 19.2 Å². The first-order valence-corrected chi connectivity index (χ1v) is 11.1. The summed E-state index contributed by atoms with van der Waals surface area (Å²) in [6.45, 7) is 4.86. The Balaban J connectivity index is 1.76. The van der Waals surface area contributed by atoms with Crippen LogP contribution in [-0.2, 0) is 16.4 Å². The smallest absolute Gasteiger partial charge is 0.405 e. The lowest BCUT2D eigenvalue weighted by molar-refractivity contribution is -0.215. The molecule has 5 nitrogen and oxygen atoms in total. The van der Waals surface area contributed by atoms with Crippen molar-refractivity contribution < 1.29 is 31.1 Å². The minimum atomic E-state index is -4.72. The van der Waals surface area contributed by atoms with Gasteiger partial charge in [0.2, 0.25) is 10.0 Å². The molecule has 1 heterocycles. The highest BCUT2D eigenvalue weighted by atomic mass is 32.2. The third kappa shape index (κ3) is 4.88. The van der Waals surface area contributed by atoms with Crippen molar-refractivity contribution >= 4 is 10.0 Å². The molecule has 1 fully saturated rings. The Labute approximate surface area is 180 Å². The fourth-order valence-electron chi connectivity index (χ4n) is 3.53. The summed E-state index contributed by atoms with van der Waals surface area (Å²) in [6.07, 6.45) is -2.39. The van der Waals surface area contributed by atoms with Gasteiger partial charge in [0.25, 0.3) is 0 Å². The zero-order valence-corrected chi connectivity index (χ0v) is 18.0. The van der Waals surface area contributed by atoms with Gasteiger partial charge in [-0.3, -0.25) is 0 Å². The van der Waals surface area contributed by atoms with Gasteiger partial charge in [0, 0.05) is 12.5 Å². The predicted molar refractivity (Wildman–Crippen MR) is 111 cm³/mol. The molecule has 1 aliphatic heterocycles. The fraction of sp³-hybridized carbons (Fsp3) is 0.364. The van der Waals surface area contributed by atoms with Crippen LogP contribution in [0.5, 0.6) is 11.5 Å². The third-order valence-corrected chi connectivity index (χ3v) is 7.06. The van der Waals surface area contributed by atoms with Crippen LogP contribution in [0.2, 0.25) is 0 Å². The maximum atomic E-state index is 13.7. The number of nitrogens with zero attached hydrogens (tertiary/aromatic N) is 1. The van der Waals surface area contributed by atoms with Gasteiger partial charge < -0.3 is 9.47 Å². The van der Waals surface area contributed by atoms with Gasteiger partial charge in [0.15, 0.2) is 11.5 Å². The summed E-state index contributed by atoms with van der Waals surface area (Å²) in [5, 5.41) is 0. The standard InChI is InChI=1S/C22H24F3NO4S/c1-4-5-16-8-11-19(20(12-16)29-3)30-14-17-13-26(21(17)22(23,24)25)31(27,28)18-9-6-15(2)7-10-18/h4,6-12,17,21H,1,5,13-14H2,2-3H3/t17-,21-/m0/s1. The van der Waals surface area contributed by atoms with Gasteiger partial charge in [-0.15, -0.1) is 6.58 Å². The average Bonchev–Trinajstić information content (AvgIpc) is 2.67. The zero-order chi connectivity index (χ0) is 22.8. The molecule has 0 aromatic heterocycles. The van der Waals surface area contributed by atoms with E-state index in [1.54, 1.807) is 43.3 Å². The molecule has 0 bridgehead atoms. The van der Waals surface area contributed by atoms with Gasteiger partial charge in [-0.2, -0.15) is 17.5 Å². The van der Waals surface area contributed by atoms with Crippen molar-refractivity contribution in [2.75, 3.05) is 20.3 Å². The summed E-state index contributed by atoms with van der Waals surface area (Å²) in [5.41, 5.74) is 1.74. The number of alkyl halides is 3. The number of aryl methyl sites for hydroxylation is 1. The van der Waals surface area contributed by atoms with Crippen molar-refractivity contribution in [3.8, 4) is 11.5 Å². The molecule has 31 heavy (non-hydrogen) atoms. The van der Waals surface area contributed by atoms with E-state index in [-0.39, 0.29) is 18.0 Å². The van der Waals surface area contributed by atoms with E-state index in [1.807, 2.05) is 0 Å². The second-order valence-electron chi connectivity index (χ2n) is 7.42. The molecule has 1 saturated heterocycles. The summed E-state index contributed by atoms with van der Waals surface area (Å²) in [5.74, 6) is -0.333. The third-order valence-electron chi connectivity index (χ3n) is 5.20. The molecule has 0 radical (unpaired) electrons. The maximum absolute atomic E-state index is 13.7. The molecule has 0 spiro atoms. The van der Waals surface area contributed by atoms with Gasteiger partial charge in [0.1, 0.15) is 6.04 Å². The molecule has 0 N–H and O–H groups in total. The molecule has 9 heteroatoms. The summed E-state index contributed by atoms with van der Waals surface area (Å²) < 4.78 is 78.1. The molecule has 168 valence electrons. The van der Waals surface area contributed by atoms with E-state index in [0.717, 1.165) is 11.1 Å². The number of methoxy groups -OCH3 is 1. The van der Waals surface area contributed by atoms with E-state index >= 15 is 0 Å². The van der Waals surface area contributed by atoms with Crippen molar-refractivity contribution in [3.63, 3.8) is 0 Å². The van der Waals surface area contributed by atoms with Crippen molar-refractivity contribution in [2.45, 2.75) is 30.5 Å². The first-order valence-electron chi connectivity index (χ1n) is 9.63. The van der Waals surface area contributed by atoms with Gasteiger partial charge in [-0.05, 0) is 43.2 Å². The highest BCUT2D eigenvalue weighted by Crippen LogP contribution is 2.42. The van der Waals surface area contributed by atoms with Gasteiger partial charge in [0.05, 0.1) is 18.6 Å². The molecule has 3 rings (SSSR count). The summed E-state index contributed by atoms with van der Waals surface area (Å²) >= 11 is 0. The second-order valence-corrected chi connectivity index (χ2v) is 9.31. The number of sulfonamides is 1. The Bertz CT molecular complexity index is 1040. The lowest BCUT2D eigenvalue weighted by atomic mass is 9.92. The first-order chi connectivity index (χ1) is 14.6. The number of ether oxygens (including phenoxy) is 2. The van der Waals surface area contributed by atoms with E-state index < -0.39 is 28.2 Å². The van der Waals surface area contributed by atoms with Crippen LogP contribution in [0.4, 0.5) is 13.2 Å². The lowest BCUT2D eigenvalue weighted by Gasteiger charge is -2.46. The van der Waals surface area contributed by atoms with Crippen LogP contribution < -0.4 is 9.47 Å². The monoisotopic (exact) mass is 455 g/mol. The van der Waals surface area contributed by atoms with Crippen LogP contribution in [0.15, 0.2) is 60.0 Å². The van der Waals surface area contributed by atoms with E-state index in [4.69, 9.17) is 9.47 Å². The highest BCUT2D eigenvalue weighted by Gasteiger charge is 2.59. The Morgan fingerprint density at radius 3 is 2.42 bits per heavy atom. The Kier molecular flexibility index (Phi) is 6.66. The van der Waals surface area contributed by atoms with Crippen LogP contribution in [0.3, 0.4) is 0 Å². The highest BCUT2D eigenvalue weighted by molar-refractivity contribution is 7.89. The van der Waals surface area contributed by atoms with Gasteiger partial charge in [-0.1, -0.05) is 29.8 Å². The summed E-state index contributed by atoms with van der Waals surface area (Å²) in [6, 6.07) is 8.72. The van der Waals surface area contributed by atoms with Crippen LogP contribution >= 0.6 is 0 Å². The molecule has 0 saturated carbocycles. The quantitative estimate of drug-likeness (QED) is 0.555. The van der Waals surface area contributed by atoms with Crippen LogP contribution in [0.1, 0.15) is 11.1 Å². The van der Waals surface area contributed by atoms with Crippen LogP contribution in [0.25, 0.3) is 0 Å². The average molecular weight is 455 g/mol. The first kappa shape index (κ1) is 23.1. The van der Waals surface area contributed by atoms with Crippen LogP contribution in [0, 0.1) is 12.8 Å². The molecule has 0 amide bonds. The van der Waals surface area contributed by atoms with Gasteiger partial charge >= 0.3 is 6.18 Å². The van der Waals surface area contributed by atoms with Gasteiger partial charge in [-0.25, -0.2) is 8.42 Å². The minimum absolute atomic E-state index is 0.161. The second kappa shape index (κ2) is 8.92. The fourth-order valence-corrected chi connectivity index (χ4v) is 5.26. The molecule has 2 aromatic carbocycles. The Hall–Kier alpha value is -2.52. The van der Waals surface area contributed by atoms with E-state index in [0.29, 0.717) is 22.2 Å². The molecule has 2 aromatic rings. The molecular weight excluding hydrogens is 431 g/mol. The predicted octanol–water partition coefficient (Wildman–Crippen LogP) is 4.36. The summed E-state index contributed by atoms with van der Waals surface area (Å²) in [4.78, 5) is -0.161. The minimum Gasteiger partial charge on any atom is -0.493 e. The molecular formula is C22H24F3NO4S. The molecule has 0 aliphatic carbocycles. The summed E-state index contributed by atoms with van der Waals surface area (Å²) in [7, 11) is -2.83. The number of hydrogen-bond donors (Lipinski definition) is 0. The van der Waals surface area contributed by atoms with Crippen molar-refractivity contribution in [1.82, 2.24) is 4.31 Å². The van der Waals surface area contributed by atoms with Crippen molar-refractivity contribution in [2.24, 2.45) is 5.92 Å². The number of halogens is 3. The number of allylic oxidation sites excluding steroid dienone is 1. The van der Waals surface area contributed by atoms with E-state index in [2.05, 4.69) is 6.58 Å². The topological polar surface area (TPSA) is 55.8 Å². The lowest BCUT2D eigenvalue weighted by Crippen LogP contribution is -2.66. The molecule has 1 aliphatic rings. The number of benzene rings is 2. The number of rotatable bonds is 8. The molecule has 0 unspecified atom stereocenters. The zero-order valence-electron chi connectivity index (χ0n) is 17.2. The van der Waals surface area contributed by atoms with E-state index in [9.17, 15) is 21.6 Å². The molecule has 2 atom stereocenters. The van der Waals surface area contributed by atoms with Crippen LogP contribution in [-0.4, -0.2) is 45.2 Å². The normalized spacial score (nSPS) is 19.5. The Morgan fingerprint density at radius 2 is 1.84 bits per heavy atom. The van der Waals surface area contributed by atoms with Crippen molar-refractivity contribution in [1.29, 1.82) is 0 Å². The van der Waals surface area contributed by atoms with Crippen molar-refractivity contribution in [3.05, 3.63) is 66.2 Å².